The monoisotopic (exact) mass is 334 g/mol. The number of hydrogen-bond acceptors (Lipinski definition) is 4. The van der Waals surface area contributed by atoms with Crippen LogP contribution in [-0.4, -0.2) is 55.2 Å². The van der Waals surface area contributed by atoms with Crippen molar-refractivity contribution in [3.63, 3.8) is 0 Å². The van der Waals surface area contributed by atoms with Crippen LogP contribution in [0, 0.1) is 0 Å². The number of hydrogen-bond donors (Lipinski definition) is 1. The fourth-order valence-corrected chi connectivity index (χ4v) is 6.05. The Morgan fingerprint density at radius 2 is 1.81 bits per heavy atom. The normalized spacial score (nSPS) is 29.6. The average Bonchev–Trinajstić information content (AvgIpc) is 2.48. The number of nitrogens with zero attached hydrogens (tertiary/aromatic N) is 1. The van der Waals surface area contributed by atoms with E-state index in [0.717, 1.165) is 18.1 Å². The van der Waals surface area contributed by atoms with E-state index in [1.165, 1.54) is 25.7 Å². The van der Waals surface area contributed by atoms with Crippen molar-refractivity contribution in [1.29, 1.82) is 0 Å². The van der Waals surface area contributed by atoms with E-state index < -0.39 is 10.0 Å². The zero-order valence-electron chi connectivity index (χ0n) is 13.4. The molecule has 4 nitrogen and oxygen atoms in total. The van der Waals surface area contributed by atoms with Crippen LogP contribution in [0.3, 0.4) is 0 Å². The molecule has 2 atom stereocenters. The molecule has 1 aliphatic heterocycles. The molecule has 1 N–H and O–H groups in total. The zero-order valence-corrected chi connectivity index (χ0v) is 15.0. The van der Waals surface area contributed by atoms with Gasteiger partial charge in [0.25, 0.3) is 0 Å². The summed E-state index contributed by atoms with van der Waals surface area (Å²) in [5, 5.41) is 4.56. The fraction of sp³-hybridized carbons (Fsp3) is 1.00. The van der Waals surface area contributed by atoms with Crippen molar-refractivity contribution in [3.8, 4) is 0 Å². The first-order chi connectivity index (χ1) is 10.1. The SMILES string of the molecule is CCCS(=O)(=O)N1CCC(N[C@H]2CCCC[C@H]2SC)CC1. The molecule has 1 aliphatic carbocycles. The topological polar surface area (TPSA) is 49.4 Å². The third-order valence-electron chi connectivity index (χ3n) is 4.76. The van der Waals surface area contributed by atoms with Crippen molar-refractivity contribution in [2.75, 3.05) is 25.1 Å². The number of sulfonamides is 1. The molecule has 0 aromatic carbocycles. The minimum absolute atomic E-state index is 0.294. The van der Waals surface area contributed by atoms with Gasteiger partial charge in [0.05, 0.1) is 5.75 Å². The summed E-state index contributed by atoms with van der Waals surface area (Å²) in [6, 6.07) is 1.12. The Labute approximate surface area is 134 Å². The Kier molecular flexibility index (Phi) is 6.84. The maximum Gasteiger partial charge on any atom is 0.214 e. The van der Waals surface area contributed by atoms with Gasteiger partial charge < -0.3 is 5.32 Å². The van der Waals surface area contributed by atoms with Gasteiger partial charge in [0.2, 0.25) is 10.0 Å². The van der Waals surface area contributed by atoms with E-state index in [4.69, 9.17) is 0 Å². The Morgan fingerprint density at radius 1 is 1.14 bits per heavy atom. The van der Waals surface area contributed by atoms with E-state index in [2.05, 4.69) is 11.6 Å². The standard InChI is InChI=1S/C15H30N2O2S2/c1-3-12-21(18,19)17-10-8-13(9-11-17)16-14-6-4-5-7-15(14)20-2/h13-16H,3-12H2,1-2H3/t14-,15+/m0/s1. The van der Waals surface area contributed by atoms with E-state index in [0.29, 0.717) is 37.3 Å². The second-order valence-corrected chi connectivity index (χ2v) is 9.49. The van der Waals surface area contributed by atoms with E-state index in [1.807, 2.05) is 18.7 Å². The molecule has 0 aromatic heterocycles. The quantitative estimate of drug-likeness (QED) is 0.810. The minimum Gasteiger partial charge on any atom is -0.310 e. The third kappa shape index (κ3) is 4.85. The molecule has 124 valence electrons. The second kappa shape index (κ2) is 8.18. The van der Waals surface area contributed by atoms with Gasteiger partial charge in [-0.3, -0.25) is 0 Å². The van der Waals surface area contributed by atoms with Gasteiger partial charge in [0, 0.05) is 30.4 Å². The summed E-state index contributed by atoms with van der Waals surface area (Å²) in [5.41, 5.74) is 0. The minimum atomic E-state index is -3.00. The summed E-state index contributed by atoms with van der Waals surface area (Å²) in [6.45, 7) is 3.31. The Bertz CT molecular complexity index is 406. The highest BCUT2D eigenvalue weighted by atomic mass is 32.2. The first-order valence-corrected chi connectivity index (χ1v) is 11.2. The van der Waals surface area contributed by atoms with Crippen molar-refractivity contribution in [1.82, 2.24) is 9.62 Å². The zero-order chi connectivity index (χ0) is 15.3. The van der Waals surface area contributed by atoms with Crippen LogP contribution < -0.4 is 5.32 Å². The van der Waals surface area contributed by atoms with Gasteiger partial charge in [0.1, 0.15) is 0 Å². The number of piperidine rings is 1. The van der Waals surface area contributed by atoms with Crippen LogP contribution in [0.4, 0.5) is 0 Å². The molecule has 0 unspecified atom stereocenters. The lowest BCUT2D eigenvalue weighted by atomic mass is 9.93. The average molecular weight is 335 g/mol. The van der Waals surface area contributed by atoms with Crippen LogP contribution in [0.25, 0.3) is 0 Å². The van der Waals surface area contributed by atoms with Crippen LogP contribution in [0.1, 0.15) is 51.9 Å². The molecule has 21 heavy (non-hydrogen) atoms. The van der Waals surface area contributed by atoms with Gasteiger partial charge in [-0.25, -0.2) is 12.7 Å². The summed E-state index contributed by atoms with van der Waals surface area (Å²) in [6.07, 6.45) is 10.1. The van der Waals surface area contributed by atoms with E-state index in [9.17, 15) is 8.42 Å². The highest BCUT2D eigenvalue weighted by Gasteiger charge is 2.31. The predicted octanol–water partition coefficient (Wildman–Crippen LogP) is 2.45. The molecule has 2 rings (SSSR count). The summed E-state index contributed by atoms with van der Waals surface area (Å²) in [4.78, 5) is 0. The Hall–Kier alpha value is 0.220. The second-order valence-electron chi connectivity index (χ2n) is 6.32. The van der Waals surface area contributed by atoms with Crippen LogP contribution in [0.2, 0.25) is 0 Å². The lowest BCUT2D eigenvalue weighted by molar-refractivity contribution is 0.255. The van der Waals surface area contributed by atoms with Gasteiger partial charge in [0.15, 0.2) is 0 Å². The maximum absolute atomic E-state index is 12.1. The first kappa shape index (κ1) is 17.6. The van der Waals surface area contributed by atoms with Gasteiger partial charge in [-0.1, -0.05) is 19.8 Å². The molecule has 1 saturated carbocycles. The number of rotatable bonds is 6. The smallest absolute Gasteiger partial charge is 0.214 e. The molecular weight excluding hydrogens is 304 g/mol. The van der Waals surface area contributed by atoms with Crippen molar-refractivity contribution in [2.24, 2.45) is 0 Å². The van der Waals surface area contributed by atoms with Gasteiger partial charge in [-0.05, 0) is 38.4 Å². The highest BCUT2D eigenvalue weighted by Crippen LogP contribution is 2.28. The van der Waals surface area contributed by atoms with Crippen molar-refractivity contribution in [2.45, 2.75) is 69.2 Å². The fourth-order valence-electron chi connectivity index (χ4n) is 3.56. The molecule has 2 fully saturated rings. The lowest BCUT2D eigenvalue weighted by Gasteiger charge is -2.37. The molecule has 0 radical (unpaired) electrons. The van der Waals surface area contributed by atoms with Gasteiger partial charge >= 0.3 is 0 Å². The highest BCUT2D eigenvalue weighted by molar-refractivity contribution is 7.99. The van der Waals surface area contributed by atoms with Crippen LogP contribution in [-0.2, 0) is 10.0 Å². The molecule has 0 aromatic rings. The van der Waals surface area contributed by atoms with Crippen LogP contribution >= 0.6 is 11.8 Å². The van der Waals surface area contributed by atoms with Crippen molar-refractivity contribution < 1.29 is 8.42 Å². The van der Waals surface area contributed by atoms with E-state index in [1.54, 1.807) is 4.31 Å². The molecule has 1 heterocycles. The van der Waals surface area contributed by atoms with Crippen molar-refractivity contribution >= 4 is 21.8 Å². The van der Waals surface area contributed by atoms with Crippen LogP contribution in [0.15, 0.2) is 0 Å². The summed E-state index contributed by atoms with van der Waals surface area (Å²) in [5.74, 6) is 0.294. The molecule has 6 heteroatoms. The first-order valence-electron chi connectivity index (χ1n) is 8.33. The third-order valence-corrected chi connectivity index (χ3v) is 8.01. The molecule has 0 amide bonds. The number of nitrogens with one attached hydrogen (secondary N) is 1. The Balaban J connectivity index is 1.81. The summed E-state index contributed by atoms with van der Waals surface area (Å²) in [7, 11) is -3.00. The molecule has 2 aliphatic rings. The summed E-state index contributed by atoms with van der Waals surface area (Å²) >= 11 is 1.99. The number of thioether (sulfide) groups is 1. The molecule has 0 spiro atoms. The lowest BCUT2D eigenvalue weighted by Crippen LogP contribution is -2.51. The largest absolute Gasteiger partial charge is 0.310 e. The summed E-state index contributed by atoms with van der Waals surface area (Å²) < 4.78 is 25.9. The van der Waals surface area contributed by atoms with Crippen molar-refractivity contribution in [3.05, 3.63) is 0 Å². The van der Waals surface area contributed by atoms with Gasteiger partial charge in [-0.2, -0.15) is 11.8 Å². The Morgan fingerprint density at radius 3 is 2.43 bits per heavy atom. The van der Waals surface area contributed by atoms with E-state index >= 15 is 0 Å². The van der Waals surface area contributed by atoms with E-state index in [-0.39, 0.29) is 0 Å². The maximum atomic E-state index is 12.1. The van der Waals surface area contributed by atoms with Gasteiger partial charge in [-0.15, -0.1) is 0 Å². The molecule has 0 bridgehead atoms. The molecule has 1 saturated heterocycles. The molecular formula is C15H30N2O2S2. The van der Waals surface area contributed by atoms with Crippen LogP contribution in [0.5, 0.6) is 0 Å². The predicted molar refractivity (Wildman–Crippen MR) is 91.4 cm³/mol.